The molecule has 0 saturated carbocycles. The molecule has 14 heteroatoms. The molecule has 4 aromatic rings. The smallest absolute Gasteiger partial charge is 0.417 e. The Balaban J connectivity index is 1.42. The second-order valence-electron chi connectivity index (χ2n) is 8.04. The lowest BCUT2D eigenvalue weighted by Gasteiger charge is -2.19. The van der Waals surface area contributed by atoms with E-state index in [0.29, 0.717) is 27.6 Å². The first-order valence-corrected chi connectivity index (χ1v) is 11.6. The molecule has 3 amide bonds. The number of carbonyl (C=O) groups is 2. The van der Waals surface area contributed by atoms with Crippen LogP contribution in [-0.4, -0.2) is 40.5 Å². The summed E-state index contributed by atoms with van der Waals surface area (Å²) >= 11 is 3.37. The summed E-state index contributed by atoms with van der Waals surface area (Å²) in [6, 6.07) is 7.13. The molecule has 38 heavy (non-hydrogen) atoms. The van der Waals surface area contributed by atoms with E-state index in [0.717, 1.165) is 22.1 Å². The highest BCUT2D eigenvalue weighted by Crippen LogP contribution is 2.36. The number of hydrogen-bond donors (Lipinski definition) is 1. The molecule has 0 radical (unpaired) electrons. The number of amides is 3. The van der Waals surface area contributed by atoms with Crippen LogP contribution in [0.2, 0.25) is 0 Å². The molecule has 1 fully saturated rings. The third kappa shape index (κ3) is 4.58. The summed E-state index contributed by atoms with van der Waals surface area (Å²) in [6.07, 6.45) is -1.69. The number of methoxy groups -OCH3 is 1. The molecule has 3 heterocycles. The molecule has 2 aromatic heterocycles. The standard InChI is InChI=1S/C24H15BrF4N6O3/c1-38-15-6-17(26)21-19(7-15)31-11-32-22(21)33-18-3-2-13(5-16(18)25)35-20(36)10-34(23(35)37)14-4-12(8-30-9-14)24(27,28)29/h2-9,11H,10H2,1H3,(H,31,32,33). The van der Waals surface area contributed by atoms with Gasteiger partial charge < -0.3 is 10.1 Å². The zero-order chi connectivity index (χ0) is 27.2. The van der Waals surface area contributed by atoms with Crippen LogP contribution in [0.3, 0.4) is 0 Å². The number of nitrogens with one attached hydrogen (secondary N) is 1. The summed E-state index contributed by atoms with van der Waals surface area (Å²) in [7, 11) is 1.41. The highest BCUT2D eigenvalue weighted by atomic mass is 79.9. The van der Waals surface area contributed by atoms with Crippen molar-refractivity contribution < 1.29 is 31.9 Å². The Hall–Kier alpha value is -4.33. The first-order valence-electron chi connectivity index (χ1n) is 10.8. The number of aromatic nitrogens is 3. The number of carbonyl (C=O) groups excluding carboxylic acids is 2. The maximum absolute atomic E-state index is 14.8. The normalized spacial score (nSPS) is 13.9. The van der Waals surface area contributed by atoms with Crippen LogP contribution in [0.1, 0.15) is 5.56 Å². The Morgan fingerprint density at radius 1 is 1.05 bits per heavy atom. The van der Waals surface area contributed by atoms with Crippen molar-refractivity contribution in [3.63, 3.8) is 0 Å². The van der Waals surface area contributed by atoms with E-state index in [1.54, 1.807) is 6.07 Å². The van der Waals surface area contributed by atoms with Crippen molar-refractivity contribution in [2.24, 2.45) is 0 Å². The van der Waals surface area contributed by atoms with E-state index in [9.17, 15) is 27.2 Å². The highest BCUT2D eigenvalue weighted by Gasteiger charge is 2.39. The molecule has 0 aliphatic carbocycles. The predicted molar refractivity (Wildman–Crippen MR) is 133 cm³/mol. The second-order valence-corrected chi connectivity index (χ2v) is 8.90. The van der Waals surface area contributed by atoms with E-state index < -0.39 is 36.0 Å². The van der Waals surface area contributed by atoms with E-state index in [-0.39, 0.29) is 22.6 Å². The molecular weight excluding hydrogens is 576 g/mol. The Morgan fingerprint density at radius 3 is 2.55 bits per heavy atom. The van der Waals surface area contributed by atoms with Crippen LogP contribution in [0, 0.1) is 5.82 Å². The topological polar surface area (TPSA) is 101 Å². The van der Waals surface area contributed by atoms with Gasteiger partial charge in [0.05, 0.1) is 46.8 Å². The number of nitrogens with zero attached hydrogens (tertiary/aromatic N) is 5. The minimum absolute atomic E-state index is 0.125. The average Bonchev–Trinajstić information content (AvgIpc) is 3.18. The van der Waals surface area contributed by atoms with Crippen molar-refractivity contribution in [3.8, 4) is 5.75 Å². The molecule has 194 valence electrons. The zero-order valence-electron chi connectivity index (χ0n) is 19.3. The molecule has 1 saturated heterocycles. The van der Waals surface area contributed by atoms with E-state index >= 15 is 0 Å². The van der Waals surface area contributed by atoms with Gasteiger partial charge in [-0.15, -0.1) is 0 Å². The third-order valence-electron chi connectivity index (χ3n) is 5.69. The Bertz CT molecular complexity index is 1600. The van der Waals surface area contributed by atoms with Gasteiger partial charge in [-0.1, -0.05) is 0 Å². The first-order chi connectivity index (χ1) is 18.1. The summed E-state index contributed by atoms with van der Waals surface area (Å²) in [5, 5.41) is 3.12. The molecule has 1 aliphatic heterocycles. The number of hydrogen-bond acceptors (Lipinski definition) is 7. The highest BCUT2D eigenvalue weighted by molar-refractivity contribution is 9.10. The molecule has 1 N–H and O–H groups in total. The fourth-order valence-corrected chi connectivity index (χ4v) is 4.36. The van der Waals surface area contributed by atoms with Crippen LogP contribution in [0.4, 0.5) is 45.2 Å². The van der Waals surface area contributed by atoms with Crippen LogP contribution in [0.5, 0.6) is 5.75 Å². The van der Waals surface area contributed by atoms with Gasteiger partial charge in [-0.05, 0) is 40.2 Å². The number of ether oxygens (including phenoxy) is 1. The van der Waals surface area contributed by atoms with Crippen molar-refractivity contribution in [1.82, 2.24) is 15.0 Å². The fourth-order valence-electron chi connectivity index (χ4n) is 3.89. The van der Waals surface area contributed by atoms with Gasteiger partial charge in [0, 0.05) is 22.8 Å². The number of anilines is 4. The van der Waals surface area contributed by atoms with Crippen LogP contribution in [0.25, 0.3) is 10.9 Å². The van der Waals surface area contributed by atoms with Gasteiger partial charge in [-0.25, -0.2) is 24.1 Å². The first kappa shape index (κ1) is 25.3. The minimum atomic E-state index is -4.66. The predicted octanol–water partition coefficient (Wildman–Crippen LogP) is 5.67. The van der Waals surface area contributed by atoms with Crippen molar-refractivity contribution >= 4 is 61.7 Å². The number of rotatable bonds is 5. The number of alkyl halides is 3. The van der Waals surface area contributed by atoms with E-state index in [1.165, 1.54) is 37.7 Å². The summed E-state index contributed by atoms with van der Waals surface area (Å²) in [5.74, 6) is -0.786. The summed E-state index contributed by atoms with van der Waals surface area (Å²) in [4.78, 5) is 39.2. The molecule has 0 unspecified atom stereocenters. The SMILES string of the molecule is COc1cc(F)c2c(Nc3ccc(N4C(=O)CN(c5cncc(C(F)(F)F)c5)C4=O)cc3Br)ncnc2c1. The number of halogens is 5. The number of pyridine rings is 1. The minimum Gasteiger partial charge on any atom is -0.497 e. The fraction of sp³-hybridized carbons (Fsp3) is 0.125. The van der Waals surface area contributed by atoms with Crippen molar-refractivity contribution in [1.29, 1.82) is 0 Å². The van der Waals surface area contributed by atoms with Gasteiger partial charge in [0.15, 0.2) is 0 Å². The lowest BCUT2D eigenvalue weighted by atomic mass is 10.2. The van der Waals surface area contributed by atoms with Crippen LogP contribution in [-0.2, 0) is 11.0 Å². The molecule has 0 atom stereocenters. The zero-order valence-corrected chi connectivity index (χ0v) is 20.8. The van der Waals surface area contributed by atoms with Gasteiger partial charge in [-0.2, -0.15) is 13.2 Å². The van der Waals surface area contributed by atoms with Crippen LogP contribution >= 0.6 is 15.9 Å². The molecule has 0 spiro atoms. The number of benzene rings is 2. The maximum atomic E-state index is 14.8. The van der Waals surface area contributed by atoms with Gasteiger partial charge in [0.1, 0.15) is 30.3 Å². The van der Waals surface area contributed by atoms with Gasteiger partial charge in [-0.3, -0.25) is 14.7 Å². The molecule has 5 rings (SSSR count). The van der Waals surface area contributed by atoms with E-state index in [1.807, 2.05) is 0 Å². The van der Waals surface area contributed by atoms with Crippen LogP contribution < -0.4 is 19.9 Å². The summed E-state index contributed by atoms with van der Waals surface area (Å²) in [6.45, 7) is -0.463. The molecule has 1 aliphatic rings. The Kier molecular flexibility index (Phi) is 6.34. The number of urea groups is 1. The molecule has 9 nitrogen and oxygen atoms in total. The van der Waals surface area contributed by atoms with Crippen molar-refractivity contribution in [2.75, 3.05) is 28.8 Å². The van der Waals surface area contributed by atoms with Crippen LogP contribution in [0.15, 0.2) is 59.6 Å². The molecular formula is C24H15BrF4N6O3. The largest absolute Gasteiger partial charge is 0.497 e. The van der Waals surface area contributed by atoms with Crippen molar-refractivity contribution in [3.05, 3.63) is 71.0 Å². The van der Waals surface area contributed by atoms with Gasteiger partial charge in [0.25, 0.3) is 5.91 Å². The average molecular weight is 591 g/mol. The monoisotopic (exact) mass is 590 g/mol. The Labute approximate surface area is 220 Å². The van der Waals surface area contributed by atoms with Gasteiger partial charge in [0.2, 0.25) is 0 Å². The lowest BCUT2D eigenvalue weighted by molar-refractivity contribution is -0.137. The Morgan fingerprint density at radius 2 is 1.84 bits per heavy atom. The molecule has 0 bridgehead atoms. The third-order valence-corrected chi connectivity index (χ3v) is 6.35. The quantitative estimate of drug-likeness (QED) is 0.236. The number of imide groups is 1. The van der Waals surface area contributed by atoms with Crippen molar-refractivity contribution in [2.45, 2.75) is 6.18 Å². The maximum Gasteiger partial charge on any atom is 0.417 e. The second kappa shape index (κ2) is 9.52. The van der Waals surface area contributed by atoms with Gasteiger partial charge >= 0.3 is 12.2 Å². The summed E-state index contributed by atoms with van der Waals surface area (Å²) in [5.41, 5.74) is -0.291. The lowest BCUT2D eigenvalue weighted by Crippen LogP contribution is -2.33. The molecule has 2 aromatic carbocycles. The van der Waals surface area contributed by atoms with E-state index in [4.69, 9.17) is 4.74 Å². The summed E-state index contributed by atoms with van der Waals surface area (Å²) < 4.78 is 59.5. The van der Waals surface area contributed by atoms with E-state index in [2.05, 4.69) is 36.2 Å². The number of fused-ring (bicyclic) bond motifs is 1.